The number of nitrogens with zero attached hydrogens (tertiary/aromatic N) is 4. The Labute approximate surface area is 317 Å². The summed E-state index contributed by atoms with van der Waals surface area (Å²) in [5.41, 5.74) is 11.2. The van der Waals surface area contributed by atoms with Gasteiger partial charge in [-0.2, -0.15) is 0 Å². The monoisotopic (exact) mass is 698 g/mol. The Kier molecular flexibility index (Phi) is 9.82. The van der Waals surface area contributed by atoms with Gasteiger partial charge in [0, 0.05) is 28.0 Å². The highest BCUT2D eigenvalue weighted by Gasteiger charge is 2.21. The van der Waals surface area contributed by atoms with Gasteiger partial charge in [-0.05, 0) is 71.5 Å². The van der Waals surface area contributed by atoms with Gasteiger partial charge >= 0.3 is 0 Å². The molecule has 0 fully saturated rings. The molecule has 1 heterocycles. The fraction of sp³-hybridized carbons (Fsp3) is 0.0800. The zero-order valence-corrected chi connectivity index (χ0v) is 30.5. The third-order valence-corrected chi connectivity index (χ3v) is 10.1. The molecule has 0 saturated heterocycles. The van der Waals surface area contributed by atoms with E-state index in [9.17, 15) is 0 Å². The van der Waals surface area contributed by atoms with Crippen LogP contribution in [0, 0.1) is 5.92 Å². The summed E-state index contributed by atoms with van der Waals surface area (Å²) in [5, 5.41) is 4.72. The first-order chi connectivity index (χ1) is 26.6. The van der Waals surface area contributed by atoms with Crippen molar-refractivity contribution in [3.8, 4) is 11.1 Å². The standard InChI is InChI=1S/C50H42N4/c1-4-37-20-12-15-31-47(37)53(54-48-32-16-13-29-44(48)45-30-14-17-33-49(45)54)43-28-19-26-41(35-43)40-25-18-27-42(34-40)50(51-36(3)38-21-8-6-9-22-38)52-46(5-2)39-23-10-7-11-24-39/h4,6-23,25-35,39H,1,3,5,24H2,2H3. The van der Waals surface area contributed by atoms with Gasteiger partial charge in [0.05, 0.1) is 28.1 Å². The molecule has 4 heteroatoms. The molecule has 0 amide bonds. The Morgan fingerprint density at radius 1 is 0.704 bits per heavy atom. The van der Waals surface area contributed by atoms with Gasteiger partial charge in [0.25, 0.3) is 0 Å². The fourth-order valence-electron chi connectivity index (χ4n) is 7.35. The molecule has 262 valence electrons. The lowest BCUT2D eigenvalue weighted by molar-refractivity contribution is 0.847. The van der Waals surface area contributed by atoms with Crippen molar-refractivity contribution < 1.29 is 0 Å². The average molecular weight is 699 g/mol. The molecule has 8 rings (SSSR count). The van der Waals surface area contributed by atoms with Crippen molar-refractivity contribution in [1.29, 1.82) is 0 Å². The van der Waals surface area contributed by atoms with Crippen LogP contribution in [-0.4, -0.2) is 16.2 Å². The summed E-state index contributed by atoms with van der Waals surface area (Å²) in [5.74, 6) is 0.897. The molecule has 0 aliphatic heterocycles. The van der Waals surface area contributed by atoms with Gasteiger partial charge in [-0.1, -0.05) is 166 Å². The molecule has 4 nitrogen and oxygen atoms in total. The Balaban J connectivity index is 1.27. The van der Waals surface area contributed by atoms with Crippen LogP contribution in [0.25, 0.3) is 44.7 Å². The number of fused-ring (bicyclic) bond motifs is 3. The van der Waals surface area contributed by atoms with Crippen LogP contribution in [0.5, 0.6) is 0 Å². The summed E-state index contributed by atoms with van der Waals surface area (Å²) in [4.78, 5) is 10.4. The topological polar surface area (TPSA) is 32.9 Å². The van der Waals surface area contributed by atoms with Crippen LogP contribution in [-0.2, 0) is 0 Å². The molecule has 1 aliphatic rings. The second kappa shape index (κ2) is 15.4. The Morgan fingerprint density at radius 2 is 1.35 bits per heavy atom. The second-order valence-corrected chi connectivity index (χ2v) is 13.4. The minimum absolute atomic E-state index is 0.236. The molecule has 6 aromatic carbocycles. The first kappa shape index (κ1) is 34.3. The fourth-order valence-corrected chi connectivity index (χ4v) is 7.35. The summed E-state index contributed by atoms with van der Waals surface area (Å²) in [7, 11) is 0. The lowest BCUT2D eigenvalue weighted by Crippen LogP contribution is -2.24. The van der Waals surface area contributed by atoms with Crippen molar-refractivity contribution >= 4 is 56.5 Å². The number of anilines is 2. The zero-order valence-electron chi connectivity index (χ0n) is 30.5. The van der Waals surface area contributed by atoms with E-state index in [0.717, 1.165) is 68.8 Å². The van der Waals surface area contributed by atoms with Gasteiger partial charge < -0.3 is 0 Å². The van der Waals surface area contributed by atoms with E-state index in [2.05, 4.69) is 175 Å². The molecule has 0 saturated carbocycles. The molecule has 0 radical (unpaired) electrons. The van der Waals surface area contributed by atoms with Crippen LogP contribution >= 0.6 is 0 Å². The molecule has 1 atom stereocenters. The zero-order chi connectivity index (χ0) is 36.9. The maximum atomic E-state index is 5.28. The normalized spacial score (nSPS) is 14.4. The van der Waals surface area contributed by atoms with Crippen molar-refractivity contribution in [3.63, 3.8) is 0 Å². The maximum Gasteiger partial charge on any atom is 0.159 e. The molecule has 0 N–H and O–H groups in total. The van der Waals surface area contributed by atoms with Crippen LogP contribution in [0.2, 0.25) is 0 Å². The Hall–Kier alpha value is -6.78. The van der Waals surface area contributed by atoms with Crippen LogP contribution in [0.15, 0.2) is 199 Å². The highest BCUT2D eigenvalue weighted by Crippen LogP contribution is 2.38. The number of allylic oxidation sites excluding steroid dienone is 4. The van der Waals surface area contributed by atoms with Gasteiger partial charge in [0.2, 0.25) is 0 Å². The molecule has 1 unspecified atom stereocenters. The first-order valence-corrected chi connectivity index (χ1v) is 18.6. The van der Waals surface area contributed by atoms with E-state index in [1.807, 2.05) is 36.4 Å². The van der Waals surface area contributed by atoms with E-state index in [1.54, 1.807) is 0 Å². The van der Waals surface area contributed by atoms with Crippen molar-refractivity contribution in [3.05, 3.63) is 206 Å². The maximum absolute atomic E-state index is 5.28. The highest BCUT2D eigenvalue weighted by molar-refractivity contribution is 6.11. The summed E-state index contributed by atoms with van der Waals surface area (Å²) in [6.45, 7) is 10.7. The Bertz CT molecular complexity index is 2560. The lowest BCUT2D eigenvalue weighted by Gasteiger charge is -2.30. The molecular formula is C50H42N4. The number of para-hydroxylation sites is 3. The Morgan fingerprint density at radius 3 is 2.06 bits per heavy atom. The summed E-state index contributed by atoms with van der Waals surface area (Å²) < 4.78 is 2.33. The van der Waals surface area contributed by atoms with E-state index >= 15 is 0 Å². The van der Waals surface area contributed by atoms with Gasteiger partial charge in [0.1, 0.15) is 0 Å². The third kappa shape index (κ3) is 6.78. The minimum Gasteiger partial charge on any atom is -0.248 e. The summed E-state index contributed by atoms with van der Waals surface area (Å²) in [6, 6.07) is 53.1. The van der Waals surface area contributed by atoms with Crippen LogP contribution in [0.3, 0.4) is 0 Å². The molecular weight excluding hydrogens is 657 g/mol. The molecule has 1 aliphatic carbocycles. The number of hydrogen-bond donors (Lipinski definition) is 0. The summed E-state index contributed by atoms with van der Waals surface area (Å²) in [6.07, 6.45) is 12.3. The van der Waals surface area contributed by atoms with Gasteiger partial charge in [-0.25, -0.2) is 19.7 Å². The second-order valence-electron chi connectivity index (χ2n) is 13.4. The smallest absolute Gasteiger partial charge is 0.159 e. The van der Waals surface area contributed by atoms with E-state index in [1.165, 1.54) is 10.8 Å². The summed E-state index contributed by atoms with van der Waals surface area (Å²) >= 11 is 0. The third-order valence-electron chi connectivity index (χ3n) is 10.1. The number of hydrogen-bond acceptors (Lipinski definition) is 2. The predicted octanol–water partition coefficient (Wildman–Crippen LogP) is 13.1. The number of aromatic nitrogens is 1. The van der Waals surface area contributed by atoms with E-state index in [-0.39, 0.29) is 5.92 Å². The van der Waals surface area contributed by atoms with Crippen molar-refractivity contribution in [1.82, 2.24) is 4.68 Å². The van der Waals surface area contributed by atoms with Crippen molar-refractivity contribution in [2.75, 3.05) is 5.01 Å². The van der Waals surface area contributed by atoms with Crippen LogP contribution in [0.1, 0.15) is 36.5 Å². The molecule has 7 aromatic rings. The van der Waals surface area contributed by atoms with Crippen molar-refractivity contribution in [2.24, 2.45) is 15.9 Å². The minimum atomic E-state index is 0.236. The first-order valence-electron chi connectivity index (χ1n) is 18.6. The predicted molar refractivity (Wildman–Crippen MR) is 232 cm³/mol. The van der Waals surface area contributed by atoms with Gasteiger partial charge in [0.15, 0.2) is 5.84 Å². The van der Waals surface area contributed by atoms with Gasteiger partial charge in [-0.15, -0.1) is 0 Å². The van der Waals surface area contributed by atoms with E-state index in [0.29, 0.717) is 11.5 Å². The molecule has 0 bridgehead atoms. The number of aliphatic imine (C=N–C) groups is 2. The van der Waals surface area contributed by atoms with Crippen LogP contribution < -0.4 is 5.01 Å². The number of rotatable bonds is 10. The number of amidine groups is 1. The van der Waals surface area contributed by atoms with Crippen molar-refractivity contribution in [2.45, 2.75) is 19.8 Å². The van der Waals surface area contributed by atoms with Crippen LogP contribution in [0.4, 0.5) is 11.4 Å². The average Bonchev–Trinajstić information content (AvgIpc) is 3.57. The lowest BCUT2D eigenvalue weighted by atomic mass is 9.93. The molecule has 0 spiro atoms. The molecule has 1 aromatic heterocycles. The SMILES string of the molecule is C=Cc1ccccc1N(c1cccc(-c2cccc(C(=NC(=C)c3ccccc3)N=C(CC)C3C=CC=CC3)c2)c1)n1c2ccccc2c2ccccc21. The highest BCUT2D eigenvalue weighted by atomic mass is 15.6. The van der Waals surface area contributed by atoms with E-state index in [4.69, 9.17) is 9.98 Å². The molecule has 54 heavy (non-hydrogen) atoms. The largest absolute Gasteiger partial charge is 0.248 e. The van der Waals surface area contributed by atoms with Gasteiger partial charge in [-0.3, -0.25) is 0 Å². The number of benzene rings is 6. The van der Waals surface area contributed by atoms with E-state index < -0.39 is 0 Å². The quantitative estimate of drug-likeness (QED) is 0.103.